The maximum absolute atomic E-state index is 13.0. The van der Waals surface area contributed by atoms with Crippen molar-refractivity contribution in [2.24, 2.45) is 34.5 Å². The smallest absolute Gasteiger partial charge is 0.140 e. The second-order valence-corrected chi connectivity index (χ2v) is 13.5. The van der Waals surface area contributed by atoms with Gasteiger partial charge in [0.25, 0.3) is 0 Å². The minimum atomic E-state index is -0.823. The number of rotatable bonds is 6. The van der Waals surface area contributed by atoms with E-state index in [0.29, 0.717) is 0 Å². The number of hydrogen-bond acceptors (Lipinski definition) is 6. The van der Waals surface area contributed by atoms with Gasteiger partial charge < -0.3 is 14.6 Å². The number of ether oxygens (including phenoxy) is 2. The molecule has 6 aliphatic rings. The van der Waals surface area contributed by atoms with Gasteiger partial charge in [-0.1, -0.05) is 46.3 Å². The third-order valence-corrected chi connectivity index (χ3v) is 10.6. The van der Waals surface area contributed by atoms with Crippen LogP contribution in [0.5, 0.6) is 0 Å². The van der Waals surface area contributed by atoms with Gasteiger partial charge in [0.15, 0.2) is 0 Å². The van der Waals surface area contributed by atoms with Crippen LogP contribution in [0.3, 0.4) is 0 Å². The van der Waals surface area contributed by atoms with Crippen LogP contribution in [-0.2, 0) is 24.0 Å². The summed E-state index contributed by atoms with van der Waals surface area (Å²) < 4.78 is 12.5. The molecular weight excluding hydrogens is 444 g/mol. The van der Waals surface area contributed by atoms with E-state index in [1.807, 2.05) is 20.8 Å². The Labute approximate surface area is 210 Å². The number of hydrogen-bond donors (Lipinski definition) is 1. The van der Waals surface area contributed by atoms with Gasteiger partial charge in [0.05, 0.1) is 12.2 Å². The number of carbonyl (C=O) groups excluding carboxylic acids is 1. The first-order valence-electron chi connectivity index (χ1n) is 13.3. The summed E-state index contributed by atoms with van der Waals surface area (Å²) in [5.74, 6) is -0.583. The predicted molar refractivity (Wildman–Crippen MR) is 132 cm³/mol. The van der Waals surface area contributed by atoms with Crippen molar-refractivity contribution in [3.8, 4) is 0 Å². The molecule has 6 nitrogen and oxygen atoms in total. The standard InChI is InChI=1S/C29H44O6/c1-14(2)19(30)17(5)21(31)27(9)20(15(3)12-26(8)24-29(11,33-24)18(6)32-26)28(10)22-16(4)13-25(7,23(27)28)35-34-22/h12-14,17-18,20-24,31H,1-11H3. The van der Waals surface area contributed by atoms with Crippen LogP contribution in [0.1, 0.15) is 76.2 Å². The van der Waals surface area contributed by atoms with E-state index in [2.05, 4.69) is 67.5 Å². The molecule has 4 fully saturated rings. The van der Waals surface area contributed by atoms with Crippen LogP contribution in [-0.4, -0.2) is 52.1 Å². The predicted octanol–water partition coefficient (Wildman–Crippen LogP) is 4.80. The number of aliphatic hydroxyl groups is 1. The minimum Gasteiger partial charge on any atom is -0.392 e. The van der Waals surface area contributed by atoms with Gasteiger partial charge in [-0.25, -0.2) is 9.78 Å². The molecule has 4 aliphatic heterocycles. The third kappa shape index (κ3) is 2.98. The zero-order chi connectivity index (χ0) is 26.1. The molecule has 0 spiro atoms. The molecule has 1 saturated carbocycles. The molecule has 35 heavy (non-hydrogen) atoms. The van der Waals surface area contributed by atoms with Gasteiger partial charge >= 0.3 is 0 Å². The normalized spacial score (nSPS) is 54.0. The lowest BCUT2D eigenvalue weighted by atomic mass is 9.30. The summed E-state index contributed by atoms with van der Waals surface area (Å²) in [7, 11) is 0. The minimum absolute atomic E-state index is 0.0125. The van der Waals surface area contributed by atoms with Crippen molar-refractivity contribution in [2.75, 3.05) is 0 Å². The van der Waals surface area contributed by atoms with Crippen LogP contribution in [0, 0.1) is 34.5 Å². The Kier molecular flexibility index (Phi) is 5.33. The Balaban J connectivity index is 1.60. The molecule has 4 heterocycles. The average molecular weight is 489 g/mol. The summed E-state index contributed by atoms with van der Waals surface area (Å²) in [5, 5.41) is 11.9. The van der Waals surface area contributed by atoms with Gasteiger partial charge in [-0.2, -0.15) is 0 Å². The van der Waals surface area contributed by atoms with Crippen molar-refractivity contribution in [1.29, 1.82) is 0 Å². The Morgan fingerprint density at radius 2 is 1.74 bits per heavy atom. The molecule has 0 aromatic carbocycles. The fourth-order valence-corrected chi connectivity index (χ4v) is 9.58. The van der Waals surface area contributed by atoms with Crippen LogP contribution >= 0.6 is 0 Å². The summed E-state index contributed by atoms with van der Waals surface area (Å²) in [5.41, 5.74) is -0.0405. The Morgan fingerprint density at radius 3 is 2.23 bits per heavy atom. The summed E-state index contributed by atoms with van der Waals surface area (Å²) in [4.78, 5) is 25.0. The zero-order valence-corrected chi connectivity index (χ0v) is 23.3. The Hall–Kier alpha value is -1.05. The van der Waals surface area contributed by atoms with Crippen molar-refractivity contribution in [1.82, 2.24) is 0 Å². The van der Waals surface area contributed by atoms with E-state index in [9.17, 15) is 9.90 Å². The topological polar surface area (TPSA) is 77.5 Å². The Morgan fingerprint density at radius 1 is 1.11 bits per heavy atom. The second-order valence-electron chi connectivity index (χ2n) is 13.5. The monoisotopic (exact) mass is 488 g/mol. The van der Waals surface area contributed by atoms with E-state index in [1.165, 1.54) is 0 Å². The number of Topliss-reactive ketones (excluding diaryl/α,β-unsaturated/α-hetero) is 1. The maximum atomic E-state index is 13.0. The highest BCUT2D eigenvalue weighted by Crippen LogP contribution is 2.77. The summed E-state index contributed by atoms with van der Waals surface area (Å²) in [6.45, 7) is 22.7. The van der Waals surface area contributed by atoms with Gasteiger partial charge in [-0.05, 0) is 59.1 Å². The molecule has 2 bridgehead atoms. The van der Waals surface area contributed by atoms with Crippen LogP contribution in [0.4, 0.5) is 0 Å². The molecule has 2 aliphatic carbocycles. The number of epoxide rings is 1. The zero-order valence-electron chi connectivity index (χ0n) is 23.3. The molecule has 196 valence electrons. The van der Waals surface area contributed by atoms with Gasteiger partial charge in [-0.15, -0.1) is 0 Å². The van der Waals surface area contributed by atoms with Crippen molar-refractivity contribution < 1.29 is 29.1 Å². The summed E-state index contributed by atoms with van der Waals surface area (Å²) in [6.07, 6.45) is 3.38. The lowest BCUT2D eigenvalue weighted by Crippen LogP contribution is -2.80. The lowest BCUT2D eigenvalue weighted by molar-refractivity contribution is -0.489. The SMILES string of the molecule is CC1=CC2(C)OOC1C1(C)C(C(C)=CC3(C)OC(C)C4(C)OC34)C(C)(C(O)C(C)C(=O)C(C)C)C21. The molecule has 6 heteroatoms. The highest BCUT2D eigenvalue weighted by atomic mass is 17.2. The van der Waals surface area contributed by atoms with Crippen LogP contribution in [0.25, 0.3) is 0 Å². The average Bonchev–Trinajstić information content (AvgIpc) is 3.40. The van der Waals surface area contributed by atoms with Gasteiger partial charge in [-0.3, -0.25) is 4.79 Å². The lowest BCUT2D eigenvalue weighted by Gasteiger charge is -2.77. The first-order chi connectivity index (χ1) is 16.0. The van der Waals surface area contributed by atoms with E-state index < -0.39 is 28.6 Å². The first kappa shape index (κ1) is 25.6. The van der Waals surface area contributed by atoms with E-state index in [-0.39, 0.29) is 52.9 Å². The van der Waals surface area contributed by atoms with E-state index in [4.69, 9.17) is 19.2 Å². The molecule has 1 N–H and O–H groups in total. The fraction of sp³-hybridized carbons (Fsp3) is 0.828. The molecule has 12 unspecified atom stereocenters. The Bertz CT molecular complexity index is 1020. The number of allylic oxidation sites excluding steroid dienone is 1. The molecule has 12 atom stereocenters. The van der Waals surface area contributed by atoms with Gasteiger partial charge in [0.2, 0.25) is 0 Å². The van der Waals surface area contributed by atoms with Gasteiger partial charge in [0, 0.05) is 28.6 Å². The molecule has 0 aromatic heterocycles. The van der Waals surface area contributed by atoms with Crippen LogP contribution < -0.4 is 0 Å². The molecule has 0 amide bonds. The summed E-state index contributed by atoms with van der Waals surface area (Å²) >= 11 is 0. The maximum Gasteiger partial charge on any atom is 0.140 e. The van der Waals surface area contributed by atoms with Gasteiger partial charge in [0.1, 0.15) is 34.8 Å². The first-order valence-corrected chi connectivity index (χ1v) is 13.3. The van der Waals surface area contributed by atoms with E-state index in [0.717, 1.165) is 11.1 Å². The number of carbonyl (C=O) groups is 1. The quantitative estimate of drug-likeness (QED) is 0.329. The molecular formula is C29H44O6. The fourth-order valence-electron chi connectivity index (χ4n) is 9.58. The second kappa shape index (κ2) is 7.28. The van der Waals surface area contributed by atoms with Crippen molar-refractivity contribution in [3.63, 3.8) is 0 Å². The van der Waals surface area contributed by atoms with Crippen molar-refractivity contribution in [3.05, 3.63) is 23.3 Å². The number of ketones is 1. The highest BCUT2D eigenvalue weighted by Gasteiger charge is 2.80. The van der Waals surface area contributed by atoms with Crippen molar-refractivity contribution in [2.45, 2.75) is 117 Å². The summed E-state index contributed by atoms with van der Waals surface area (Å²) in [6, 6.07) is 0. The van der Waals surface area contributed by atoms with E-state index >= 15 is 0 Å². The third-order valence-electron chi connectivity index (χ3n) is 10.6. The molecule has 3 saturated heterocycles. The number of fused-ring (bicyclic) bond motifs is 2. The van der Waals surface area contributed by atoms with E-state index in [1.54, 1.807) is 0 Å². The molecule has 0 aromatic rings. The number of aliphatic hydroxyl groups excluding tert-OH is 1. The molecule has 0 radical (unpaired) electrons. The highest BCUT2D eigenvalue weighted by molar-refractivity contribution is 5.83. The van der Waals surface area contributed by atoms with Crippen molar-refractivity contribution >= 4 is 5.78 Å². The molecule has 6 rings (SSSR count). The largest absolute Gasteiger partial charge is 0.392 e. The van der Waals surface area contributed by atoms with Crippen LogP contribution in [0.15, 0.2) is 23.3 Å². The van der Waals surface area contributed by atoms with Crippen LogP contribution in [0.2, 0.25) is 0 Å².